The van der Waals surface area contributed by atoms with Crippen molar-refractivity contribution in [1.82, 2.24) is 4.57 Å². The number of rotatable bonds is 4. The highest BCUT2D eigenvalue weighted by Crippen LogP contribution is 2.18. The molecule has 6 heteroatoms. The fraction of sp³-hybridized carbons (Fsp3) is 0.143. The van der Waals surface area contributed by atoms with Crippen LogP contribution in [0.1, 0.15) is 10.4 Å². The van der Waals surface area contributed by atoms with E-state index in [0.29, 0.717) is 11.6 Å². The molecule has 0 spiro atoms. The summed E-state index contributed by atoms with van der Waals surface area (Å²) in [6.45, 7) is 0.379. The van der Waals surface area contributed by atoms with Crippen LogP contribution >= 0.6 is 11.6 Å². The minimum Gasteiger partial charge on any atom is -0.460 e. The summed E-state index contributed by atoms with van der Waals surface area (Å²) in [4.78, 5) is 23.3. The minimum absolute atomic E-state index is 0.0881. The number of carbonyl (C=O) groups is 1. The zero-order valence-electron chi connectivity index (χ0n) is 10.6. The second-order valence-corrected chi connectivity index (χ2v) is 4.54. The van der Waals surface area contributed by atoms with Crippen molar-refractivity contribution in [1.29, 1.82) is 0 Å². The predicted octanol–water partition coefficient (Wildman–Crippen LogP) is 1.94. The van der Waals surface area contributed by atoms with E-state index in [1.807, 2.05) is 0 Å². The van der Waals surface area contributed by atoms with Crippen LogP contribution in [0.5, 0.6) is 0 Å². The summed E-state index contributed by atoms with van der Waals surface area (Å²) in [6.07, 6.45) is 1.63. The largest absolute Gasteiger partial charge is 0.460 e. The van der Waals surface area contributed by atoms with Crippen LogP contribution in [0.2, 0.25) is 5.02 Å². The number of halogens is 1. The van der Waals surface area contributed by atoms with E-state index >= 15 is 0 Å². The lowest BCUT2D eigenvalue weighted by molar-refractivity contribution is 0.0491. The molecule has 0 amide bonds. The van der Waals surface area contributed by atoms with Gasteiger partial charge in [-0.05, 0) is 24.3 Å². The Morgan fingerprint density at radius 3 is 2.80 bits per heavy atom. The Morgan fingerprint density at radius 1 is 1.30 bits per heavy atom. The molecule has 1 aromatic heterocycles. The Morgan fingerprint density at radius 2 is 2.10 bits per heavy atom. The third-order valence-electron chi connectivity index (χ3n) is 2.70. The quantitative estimate of drug-likeness (QED) is 0.690. The van der Waals surface area contributed by atoms with Gasteiger partial charge in [-0.3, -0.25) is 4.79 Å². The summed E-state index contributed by atoms with van der Waals surface area (Å²) in [5.74, 6) is -0.539. The molecular formula is C14H13ClN2O3. The fourth-order valence-electron chi connectivity index (χ4n) is 1.68. The van der Waals surface area contributed by atoms with E-state index < -0.39 is 5.97 Å². The van der Waals surface area contributed by atoms with Crippen LogP contribution in [0.4, 0.5) is 5.69 Å². The number of benzene rings is 1. The van der Waals surface area contributed by atoms with Crippen LogP contribution in [0.25, 0.3) is 0 Å². The zero-order valence-corrected chi connectivity index (χ0v) is 11.3. The van der Waals surface area contributed by atoms with Crippen molar-refractivity contribution in [3.8, 4) is 0 Å². The van der Waals surface area contributed by atoms with Gasteiger partial charge in [0.15, 0.2) is 0 Å². The summed E-state index contributed by atoms with van der Waals surface area (Å²) < 4.78 is 6.54. The highest BCUT2D eigenvalue weighted by molar-refractivity contribution is 6.31. The molecule has 20 heavy (non-hydrogen) atoms. The number of nitrogens with zero attached hydrogens (tertiary/aromatic N) is 1. The second kappa shape index (κ2) is 6.25. The SMILES string of the molecule is Nc1cc(Cl)ccc1C(=O)OCCn1ccccc1=O. The van der Waals surface area contributed by atoms with Gasteiger partial charge in [0.1, 0.15) is 6.61 Å². The highest BCUT2D eigenvalue weighted by Gasteiger charge is 2.11. The zero-order chi connectivity index (χ0) is 14.5. The van der Waals surface area contributed by atoms with Crippen molar-refractivity contribution in [2.75, 3.05) is 12.3 Å². The summed E-state index contributed by atoms with van der Waals surface area (Å²) in [7, 11) is 0. The standard InChI is InChI=1S/C14H13ClN2O3/c15-10-4-5-11(12(16)9-10)14(19)20-8-7-17-6-2-1-3-13(17)18/h1-6,9H,7-8,16H2. The van der Waals surface area contributed by atoms with Crippen molar-refractivity contribution in [2.45, 2.75) is 6.54 Å². The molecule has 0 radical (unpaired) electrons. The van der Waals surface area contributed by atoms with Gasteiger partial charge >= 0.3 is 5.97 Å². The van der Waals surface area contributed by atoms with Gasteiger partial charge in [0.2, 0.25) is 0 Å². The van der Waals surface area contributed by atoms with Crippen molar-refractivity contribution >= 4 is 23.3 Å². The number of anilines is 1. The summed E-state index contributed by atoms with van der Waals surface area (Å²) in [5, 5.41) is 0.454. The van der Waals surface area contributed by atoms with Gasteiger partial charge in [0.05, 0.1) is 12.1 Å². The first-order valence-electron chi connectivity index (χ1n) is 5.95. The van der Waals surface area contributed by atoms with Crippen molar-refractivity contribution in [2.24, 2.45) is 0 Å². The van der Waals surface area contributed by atoms with Crippen LogP contribution < -0.4 is 11.3 Å². The summed E-state index contributed by atoms with van der Waals surface area (Å²) >= 11 is 5.75. The lowest BCUT2D eigenvalue weighted by Gasteiger charge is -2.08. The molecule has 0 bridgehead atoms. The number of esters is 1. The number of pyridine rings is 1. The molecule has 0 aliphatic heterocycles. The number of hydrogen-bond donors (Lipinski definition) is 1. The molecule has 1 aromatic carbocycles. The lowest BCUT2D eigenvalue weighted by atomic mass is 10.2. The Balaban J connectivity index is 1.96. The van der Waals surface area contributed by atoms with Crippen LogP contribution in [0.15, 0.2) is 47.4 Å². The predicted molar refractivity (Wildman–Crippen MR) is 76.8 cm³/mol. The maximum Gasteiger partial charge on any atom is 0.340 e. The highest BCUT2D eigenvalue weighted by atomic mass is 35.5. The van der Waals surface area contributed by atoms with Gasteiger partial charge < -0.3 is 15.0 Å². The van der Waals surface area contributed by atoms with Crippen LogP contribution in [-0.4, -0.2) is 17.1 Å². The first-order chi connectivity index (χ1) is 9.58. The van der Waals surface area contributed by atoms with E-state index in [0.717, 1.165) is 0 Å². The van der Waals surface area contributed by atoms with Gasteiger partial charge in [-0.1, -0.05) is 17.7 Å². The van der Waals surface area contributed by atoms with Gasteiger partial charge in [-0.15, -0.1) is 0 Å². The van der Waals surface area contributed by atoms with Gasteiger partial charge in [0, 0.05) is 23.0 Å². The van der Waals surface area contributed by atoms with E-state index in [9.17, 15) is 9.59 Å². The molecule has 2 aromatic rings. The number of ether oxygens (including phenoxy) is 1. The number of aromatic nitrogens is 1. The van der Waals surface area contributed by atoms with E-state index in [1.54, 1.807) is 24.4 Å². The van der Waals surface area contributed by atoms with Gasteiger partial charge in [-0.25, -0.2) is 4.79 Å². The first-order valence-corrected chi connectivity index (χ1v) is 6.33. The molecule has 0 fully saturated rings. The molecule has 0 saturated carbocycles. The number of carbonyl (C=O) groups excluding carboxylic acids is 1. The molecule has 0 aliphatic carbocycles. The van der Waals surface area contributed by atoms with E-state index in [2.05, 4.69) is 0 Å². The van der Waals surface area contributed by atoms with Crippen LogP contribution in [0.3, 0.4) is 0 Å². The van der Waals surface area contributed by atoms with E-state index in [-0.39, 0.29) is 23.4 Å². The molecule has 1 heterocycles. The minimum atomic E-state index is -0.539. The third kappa shape index (κ3) is 3.39. The van der Waals surface area contributed by atoms with Gasteiger partial charge in [-0.2, -0.15) is 0 Å². The van der Waals surface area contributed by atoms with Crippen LogP contribution in [-0.2, 0) is 11.3 Å². The molecule has 0 aliphatic rings. The molecule has 2 N–H and O–H groups in total. The number of hydrogen-bond acceptors (Lipinski definition) is 4. The molecule has 0 atom stereocenters. The van der Waals surface area contributed by atoms with Crippen LogP contribution in [0, 0.1) is 0 Å². The van der Waals surface area contributed by atoms with Crippen molar-refractivity contribution < 1.29 is 9.53 Å². The number of nitrogens with two attached hydrogens (primary N) is 1. The molecule has 104 valence electrons. The Hall–Kier alpha value is -2.27. The second-order valence-electron chi connectivity index (χ2n) is 4.10. The third-order valence-corrected chi connectivity index (χ3v) is 2.93. The Kier molecular flexibility index (Phi) is 4.42. The topological polar surface area (TPSA) is 74.3 Å². The first kappa shape index (κ1) is 14.1. The number of nitrogen functional groups attached to an aromatic ring is 1. The normalized spacial score (nSPS) is 10.2. The summed E-state index contributed by atoms with van der Waals surface area (Å²) in [5.41, 5.74) is 6.07. The molecule has 5 nitrogen and oxygen atoms in total. The maximum atomic E-state index is 11.8. The molecular weight excluding hydrogens is 280 g/mol. The summed E-state index contributed by atoms with van der Waals surface area (Å²) in [6, 6.07) is 9.39. The Bertz CT molecular complexity index is 682. The van der Waals surface area contributed by atoms with Crippen molar-refractivity contribution in [3.05, 3.63) is 63.5 Å². The average molecular weight is 293 g/mol. The molecule has 0 unspecified atom stereocenters. The molecule has 0 saturated heterocycles. The molecule has 2 rings (SSSR count). The van der Waals surface area contributed by atoms with E-state index in [4.69, 9.17) is 22.1 Å². The maximum absolute atomic E-state index is 11.8. The fourth-order valence-corrected chi connectivity index (χ4v) is 1.86. The van der Waals surface area contributed by atoms with E-state index in [1.165, 1.54) is 22.8 Å². The monoisotopic (exact) mass is 292 g/mol. The smallest absolute Gasteiger partial charge is 0.340 e. The average Bonchev–Trinajstić information content (AvgIpc) is 2.40. The van der Waals surface area contributed by atoms with Crippen molar-refractivity contribution in [3.63, 3.8) is 0 Å². The Labute approximate surface area is 120 Å². The lowest BCUT2D eigenvalue weighted by Crippen LogP contribution is -2.21. The van der Waals surface area contributed by atoms with Gasteiger partial charge in [0.25, 0.3) is 5.56 Å².